The van der Waals surface area contributed by atoms with Gasteiger partial charge in [-0.15, -0.1) is 0 Å². The van der Waals surface area contributed by atoms with Gasteiger partial charge in [0.25, 0.3) is 11.8 Å². The number of carbonyl (C=O) groups excluding carboxylic acids is 2. The first-order valence-corrected chi connectivity index (χ1v) is 9.58. The fourth-order valence-electron chi connectivity index (χ4n) is 2.83. The Morgan fingerprint density at radius 1 is 0.862 bits per heavy atom. The predicted molar refractivity (Wildman–Crippen MR) is 115 cm³/mol. The summed E-state index contributed by atoms with van der Waals surface area (Å²) >= 11 is 0. The monoisotopic (exact) mass is 388 g/mol. The van der Waals surface area contributed by atoms with E-state index in [9.17, 15) is 9.59 Å². The molecule has 0 aliphatic rings. The van der Waals surface area contributed by atoms with Gasteiger partial charge in [0.05, 0.1) is 0 Å². The molecule has 0 saturated carbocycles. The van der Waals surface area contributed by atoms with E-state index in [1.165, 1.54) is 0 Å². The lowest BCUT2D eigenvalue weighted by Gasteiger charge is -2.15. The minimum atomic E-state index is -0.666. The fraction of sp³-hybridized carbons (Fsp3) is 0.167. The molecule has 5 heteroatoms. The van der Waals surface area contributed by atoms with Crippen molar-refractivity contribution in [3.05, 3.63) is 84.4 Å². The molecule has 1 atom stereocenters. The lowest BCUT2D eigenvalue weighted by Crippen LogP contribution is -2.30. The second kappa shape index (κ2) is 9.55. The number of hydrogen-bond donors (Lipinski definition) is 2. The molecule has 0 aliphatic heterocycles. The summed E-state index contributed by atoms with van der Waals surface area (Å²) in [7, 11) is 0. The number of carbonyl (C=O) groups is 2. The van der Waals surface area contributed by atoms with Crippen LogP contribution in [0.3, 0.4) is 0 Å². The molecule has 2 N–H and O–H groups in total. The van der Waals surface area contributed by atoms with Gasteiger partial charge in [-0.25, -0.2) is 0 Å². The highest BCUT2D eigenvalue weighted by Crippen LogP contribution is 2.22. The lowest BCUT2D eigenvalue weighted by atomic mass is 10.1. The van der Waals surface area contributed by atoms with Crippen molar-refractivity contribution in [2.24, 2.45) is 0 Å². The molecule has 3 rings (SSSR count). The highest BCUT2D eigenvalue weighted by Gasteiger charge is 2.15. The van der Waals surface area contributed by atoms with E-state index >= 15 is 0 Å². The largest absolute Gasteiger partial charge is 0.481 e. The van der Waals surface area contributed by atoms with Crippen molar-refractivity contribution in [3.63, 3.8) is 0 Å². The minimum Gasteiger partial charge on any atom is -0.481 e. The molecule has 3 aromatic carbocycles. The van der Waals surface area contributed by atoms with Gasteiger partial charge in [0.15, 0.2) is 6.10 Å². The number of anilines is 1. The van der Waals surface area contributed by atoms with Crippen LogP contribution >= 0.6 is 0 Å². The van der Waals surface area contributed by atoms with Crippen LogP contribution in [0.25, 0.3) is 11.1 Å². The Bertz CT molecular complexity index is 952. The van der Waals surface area contributed by atoms with Gasteiger partial charge in [-0.3, -0.25) is 9.59 Å². The molecular weight excluding hydrogens is 364 g/mol. The van der Waals surface area contributed by atoms with E-state index in [4.69, 9.17) is 4.74 Å². The van der Waals surface area contributed by atoms with Gasteiger partial charge in [0.1, 0.15) is 5.75 Å². The maximum Gasteiger partial charge on any atom is 0.265 e. The van der Waals surface area contributed by atoms with Gasteiger partial charge >= 0.3 is 0 Å². The van der Waals surface area contributed by atoms with E-state index < -0.39 is 6.10 Å². The van der Waals surface area contributed by atoms with Crippen molar-refractivity contribution in [2.75, 3.05) is 11.9 Å². The number of ether oxygens (including phenoxy) is 1. The third kappa shape index (κ3) is 5.45. The summed E-state index contributed by atoms with van der Waals surface area (Å²) in [6.45, 7) is 4.13. The van der Waals surface area contributed by atoms with E-state index in [-0.39, 0.29) is 11.8 Å². The molecular formula is C24H24N2O3. The second-order valence-corrected chi connectivity index (χ2v) is 6.58. The molecule has 0 radical (unpaired) electrons. The summed E-state index contributed by atoms with van der Waals surface area (Å²) in [5, 5.41) is 5.54. The molecule has 5 nitrogen and oxygen atoms in total. The van der Waals surface area contributed by atoms with Gasteiger partial charge in [-0.2, -0.15) is 0 Å². The van der Waals surface area contributed by atoms with Gasteiger partial charge in [0.2, 0.25) is 0 Å². The van der Waals surface area contributed by atoms with Gasteiger partial charge < -0.3 is 15.4 Å². The predicted octanol–water partition coefficient (Wildman–Crippen LogP) is 4.51. The number of nitrogens with one attached hydrogen (secondary N) is 2. The fourth-order valence-corrected chi connectivity index (χ4v) is 2.83. The SMILES string of the molecule is CCNC(=O)c1ccc(NC(=O)C(C)Oc2ccc(-c3ccccc3)cc2)cc1. The van der Waals surface area contributed by atoms with Gasteiger partial charge in [-0.1, -0.05) is 42.5 Å². The smallest absolute Gasteiger partial charge is 0.265 e. The Balaban J connectivity index is 1.57. The third-order valence-electron chi connectivity index (χ3n) is 4.40. The summed E-state index contributed by atoms with van der Waals surface area (Å²) in [4.78, 5) is 24.2. The van der Waals surface area contributed by atoms with Gasteiger partial charge in [-0.05, 0) is 61.4 Å². The quantitative estimate of drug-likeness (QED) is 0.626. The normalized spacial score (nSPS) is 11.4. The highest BCUT2D eigenvalue weighted by molar-refractivity contribution is 5.96. The van der Waals surface area contributed by atoms with E-state index in [0.717, 1.165) is 11.1 Å². The molecule has 3 aromatic rings. The zero-order valence-electron chi connectivity index (χ0n) is 16.5. The Kier molecular flexibility index (Phi) is 6.63. The molecule has 0 bridgehead atoms. The summed E-state index contributed by atoms with van der Waals surface area (Å²) < 4.78 is 5.76. The van der Waals surface area contributed by atoms with Crippen LogP contribution in [-0.4, -0.2) is 24.5 Å². The summed E-state index contributed by atoms with van der Waals surface area (Å²) in [5.41, 5.74) is 3.37. The third-order valence-corrected chi connectivity index (χ3v) is 4.40. The summed E-state index contributed by atoms with van der Waals surface area (Å²) in [5.74, 6) is 0.225. The van der Waals surface area contributed by atoms with Crippen LogP contribution in [0, 0.1) is 0 Å². The van der Waals surface area contributed by atoms with E-state index in [0.29, 0.717) is 23.5 Å². The first kappa shape index (κ1) is 20.1. The minimum absolute atomic E-state index is 0.138. The van der Waals surface area contributed by atoms with Crippen molar-refractivity contribution < 1.29 is 14.3 Å². The highest BCUT2D eigenvalue weighted by atomic mass is 16.5. The summed E-state index contributed by atoms with van der Waals surface area (Å²) in [6, 6.07) is 24.5. The molecule has 0 aliphatic carbocycles. The number of amides is 2. The zero-order valence-corrected chi connectivity index (χ0v) is 16.5. The standard InChI is InChI=1S/C24H24N2O3/c1-3-25-24(28)20-9-13-21(14-10-20)26-23(27)17(2)29-22-15-11-19(12-16-22)18-7-5-4-6-8-18/h4-17H,3H2,1-2H3,(H,25,28)(H,26,27). The topological polar surface area (TPSA) is 67.4 Å². The first-order chi connectivity index (χ1) is 14.1. The average Bonchev–Trinajstić information content (AvgIpc) is 2.75. The number of rotatable bonds is 7. The van der Waals surface area contributed by atoms with Crippen LogP contribution in [-0.2, 0) is 4.79 Å². The molecule has 0 aromatic heterocycles. The van der Waals surface area contributed by atoms with E-state index in [1.807, 2.05) is 61.5 Å². The Hall–Kier alpha value is -3.60. The maximum atomic E-state index is 12.4. The lowest BCUT2D eigenvalue weighted by molar-refractivity contribution is -0.122. The van der Waals surface area contributed by atoms with Crippen molar-refractivity contribution in [1.82, 2.24) is 5.32 Å². The molecule has 2 amide bonds. The molecule has 0 spiro atoms. The Labute approximate surface area is 170 Å². The maximum absolute atomic E-state index is 12.4. The molecule has 0 saturated heterocycles. The zero-order chi connectivity index (χ0) is 20.6. The van der Waals surface area contributed by atoms with Crippen molar-refractivity contribution >= 4 is 17.5 Å². The molecule has 148 valence electrons. The van der Waals surface area contributed by atoms with Crippen molar-refractivity contribution in [3.8, 4) is 16.9 Å². The molecule has 29 heavy (non-hydrogen) atoms. The van der Waals surface area contributed by atoms with Crippen molar-refractivity contribution in [2.45, 2.75) is 20.0 Å². The van der Waals surface area contributed by atoms with Crippen LogP contribution in [0.2, 0.25) is 0 Å². The van der Waals surface area contributed by atoms with Crippen molar-refractivity contribution in [1.29, 1.82) is 0 Å². The second-order valence-electron chi connectivity index (χ2n) is 6.58. The molecule has 1 unspecified atom stereocenters. The molecule has 0 heterocycles. The Morgan fingerprint density at radius 2 is 1.48 bits per heavy atom. The molecule has 0 fully saturated rings. The number of hydrogen-bond acceptors (Lipinski definition) is 3. The number of benzene rings is 3. The van der Waals surface area contributed by atoms with E-state index in [1.54, 1.807) is 31.2 Å². The summed E-state index contributed by atoms with van der Waals surface area (Å²) in [6.07, 6.45) is -0.666. The first-order valence-electron chi connectivity index (χ1n) is 9.58. The van der Waals surface area contributed by atoms with Crippen LogP contribution in [0.1, 0.15) is 24.2 Å². The average molecular weight is 388 g/mol. The van der Waals surface area contributed by atoms with Crippen LogP contribution in [0.5, 0.6) is 5.75 Å². The Morgan fingerprint density at radius 3 is 2.10 bits per heavy atom. The van der Waals surface area contributed by atoms with Crippen LogP contribution in [0.4, 0.5) is 5.69 Å². The van der Waals surface area contributed by atoms with Crippen LogP contribution < -0.4 is 15.4 Å². The van der Waals surface area contributed by atoms with Gasteiger partial charge in [0, 0.05) is 17.8 Å². The van der Waals surface area contributed by atoms with E-state index in [2.05, 4.69) is 10.6 Å². The van der Waals surface area contributed by atoms with Crippen LogP contribution in [0.15, 0.2) is 78.9 Å².